The Morgan fingerprint density at radius 3 is 2.51 bits per heavy atom. The molecule has 1 N–H and O–H groups in total. The average Bonchev–Trinajstić information content (AvgIpc) is 3.36. The van der Waals surface area contributed by atoms with Crippen molar-refractivity contribution in [2.75, 3.05) is 13.1 Å². The molecule has 1 fully saturated rings. The van der Waals surface area contributed by atoms with Gasteiger partial charge in [-0.2, -0.15) is 5.10 Å². The normalized spacial score (nSPS) is 14.3. The van der Waals surface area contributed by atoms with Crippen molar-refractivity contribution >= 4 is 22.8 Å². The quantitative estimate of drug-likeness (QED) is 0.423. The number of carbonyl (C=O) groups excluding carboxylic acids is 2. The summed E-state index contributed by atoms with van der Waals surface area (Å²) >= 11 is 0. The molecule has 8 nitrogen and oxygen atoms in total. The maximum absolute atomic E-state index is 13.8. The summed E-state index contributed by atoms with van der Waals surface area (Å²) < 4.78 is 1.86. The fraction of sp³-hybridized carbons (Fsp3) is 0.345. The molecule has 0 bridgehead atoms. The van der Waals surface area contributed by atoms with E-state index in [1.807, 2.05) is 59.0 Å². The third-order valence-corrected chi connectivity index (χ3v) is 6.98. The number of rotatable bonds is 6. The van der Waals surface area contributed by atoms with Gasteiger partial charge >= 0.3 is 0 Å². The Morgan fingerprint density at radius 1 is 1.08 bits per heavy atom. The molecule has 1 saturated heterocycles. The van der Waals surface area contributed by atoms with E-state index >= 15 is 0 Å². The van der Waals surface area contributed by atoms with Crippen LogP contribution >= 0.6 is 0 Å². The lowest BCUT2D eigenvalue weighted by Gasteiger charge is -2.31. The molecule has 0 radical (unpaired) electrons. The number of pyridine rings is 2. The van der Waals surface area contributed by atoms with Gasteiger partial charge in [0.25, 0.3) is 5.91 Å². The molecule has 1 aliphatic rings. The average molecular weight is 497 g/mol. The summed E-state index contributed by atoms with van der Waals surface area (Å²) in [6, 6.07) is 14.0. The first-order valence-corrected chi connectivity index (χ1v) is 12.8. The zero-order valence-electron chi connectivity index (χ0n) is 21.5. The van der Waals surface area contributed by atoms with Crippen molar-refractivity contribution in [2.24, 2.45) is 5.92 Å². The van der Waals surface area contributed by atoms with E-state index in [9.17, 15) is 9.59 Å². The van der Waals surface area contributed by atoms with Gasteiger partial charge < -0.3 is 10.2 Å². The lowest BCUT2D eigenvalue weighted by atomic mass is 9.95. The van der Waals surface area contributed by atoms with Gasteiger partial charge in [-0.25, -0.2) is 9.67 Å². The van der Waals surface area contributed by atoms with Crippen LogP contribution in [0, 0.1) is 12.8 Å². The Hall–Kier alpha value is -4.07. The maximum Gasteiger partial charge on any atom is 0.254 e. The molecule has 190 valence electrons. The van der Waals surface area contributed by atoms with Gasteiger partial charge in [0.05, 0.1) is 22.8 Å². The van der Waals surface area contributed by atoms with E-state index in [1.54, 1.807) is 18.6 Å². The first kappa shape index (κ1) is 24.6. The highest BCUT2D eigenvalue weighted by atomic mass is 16.2. The SMILES string of the molecule is Cc1ccc(-c2cc(C(=O)N3CCC(C(=O)NCc4cccnc4)CC3)c3cnn(C(C)C)c3n2)cc1. The number of carbonyl (C=O) groups is 2. The zero-order valence-corrected chi connectivity index (χ0v) is 21.5. The second-order valence-electron chi connectivity index (χ2n) is 9.99. The summed E-state index contributed by atoms with van der Waals surface area (Å²) in [6.07, 6.45) is 6.48. The molecule has 1 aromatic carbocycles. The molecular weight excluding hydrogens is 464 g/mol. The van der Waals surface area contributed by atoms with Crippen molar-refractivity contribution in [2.45, 2.75) is 46.2 Å². The smallest absolute Gasteiger partial charge is 0.254 e. The molecule has 8 heteroatoms. The summed E-state index contributed by atoms with van der Waals surface area (Å²) in [5.74, 6) is -0.120. The van der Waals surface area contributed by atoms with Gasteiger partial charge in [0.1, 0.15) is 0 Å². The summed E-state index contributed by atoms with van der Waals surface area (Å²) in [4.78, 5) is 37.3. The number of nitrogens with zero attached hydrogens (tertiary/aromatic N) is 5. The minimum absolute atomic E-state index is 0.0297. The minimum atomic E-state index is -0.106. The van der Waals surface area contributed by atoms with Crippen LogP contribution in [0.5, 0.6) is 0 Å². The van der Waals surface area contributed by atoms with Gasteiger partial charge in [0.2, 0.25) is 5.91 Å². The predicted octanol–water partition coefficient (Wildman–Crippen LogP) is 4.55. The van der Waals surface area contributed by atoms with Crippen molar-refractivity contribution in [1.82, 2.24) is 30.0 Å². The van der Waals surface area contributed by atoms with Crippen LogP contribution in [0.15, 0.2) is 61.1 Å². The molecule has 0 aliphatic carbocycles. The Bertz CT molecular complexity index is 1400. The molecular formula is C29H32N6O2. The highest BCUT2D eigenvalue weighted by Gasteiger charge is 2.29. The Balaban J connectivity index is 1.34. The fourth-order valence-corrected chi connectivity index (χ4v) is 4.80. The van der Waals surface area contributed by atoms with Gasteiger partial charge in [-0.15, -0.1) is 0 Å². The second-order valence-corrected chi connectivity index (χ2v) is 9.99. The van der Waals surface area contributed by atoms with Crippen molar-refractivity contribution in [3.05, 3.63) is 77.7 Å². The Kier molecular flexibility index (Phi) is 6.99. The molecule has 4 heterocycles. The van der Waals surface area contributed by atoms with E-state index in [4.69, 9.17) is 4.98 Å². The number of hydrogen-bond donors (Lipinski definition) is 1. The molecule has 2 amide bonds. The lowest BCUT2D eigenvalue weighted by Crippen LogP contribution is -2.43. The number of aryl methyl sites for hydroxylation is 1. The van der Waals surface area contributed by atoms with Crippen LogP contribution in [-0.2, 0) is 11.3 Å². The van der Waals surface area contributed by atoms with Crippen LogP contribution in [0.2, 0.25) is 0 Å². The van der Waals surface area contributed by atoms with Crippen LogP contribution in [0.1, 0.15) is 54.2 Å². The number of hydrogen-bond acceptors (Lipinski definition) is 5. The first-order chi connectivity index (χ1) is 17.9. The van der Waals surface area contributed by atoms with Crippen molar-refractivity contribution in [1.29, 1.82) is 0 Å². The molecule has 37 heavy (non-hydrogen) atoms. The monoisotopic (exact) mass is 496 g/mol. The van der Waals surface area contributed by atoms with Crippen molar-refractivity contribution in [3.63, 3.8) is 0 Å². The number of amides is 2. The molecule has 0 saturated carbocycles. The number of nitrogens with one attached hydrogen (secondary N) is 1. The number of benzene rings is 1. The van der Waals surface area contributed by atoms with Gasteiger partial charge in [-0.1, -0.05) is 35.9 Å². The van der Waals surface area contributed by atoms with Crippen molar-refractivity contribution < 1.29 is 9.59 Å². The van der Waals surface area contributed by atoms with E-state index in [-0.39, 0.29) is 23.8 Å². The molecule has 0 atom stereocenters. The fourth-order valence-electron chi connectivity index (χ4n) is 4.80. The van der Waals surface area contributed by atoms with Crippen molar-refractivity contribution in [3.8, 4) is 11.3 Å². The number of aromatic nitrogens is 4. The molecule has 4 aromatic rings. The molecule has 0 spiro atoms. The third-order valence-electron chi connectivity index (χ3n) is 6.98. The minimum Gasteiger partial charge on any atom is -0.352 e. The summed E-state index contributed by atoms with van der Waals surface area (Å²) in [6.45, 7) is 7.68. The highest BCUT2D eigenvalue weighted by Crippen LogP contribution is 2.29. The second kappa shape index (κ2) is 10.5. The predicted molar refractivity (Wildman–Crippen MR) is 143 cm³/mol. The summed E-state index contributed by atoms with van der Waals surface area (Å²) in [7, 11) is 0. The van der Waals surface area contributed by atoms with Gasteiger partial charge in [0, 0.05) is 49.6 Å². The molecule has 1 aliphatic heterocycles. The van der Waals surface area contributed by atoms with Gasteiger partial charge in [-0.05, 0) is 51.3 Å². The zero-order chi connectivity index (χ0) is 25.9. The summed E-state index contributed by atoms with van der Waals surface area (Å²) in [5, 5.41) is 8.30. The van der Waals surface area contributed by atoms with Crippen LogP contribution in [0.4, 0.5) is 0 Å². The largest absolute Gasteiger partial charge is 0.352 e. The van der Waals surface area contributed by atoms with Crippen LogP contribution < -0.4 is 5.32 Å². The highest BCUT2D eigenvalue weighted by molar-refractivity contribution is 6.06. The van der Waals surface area contributed by atoms with E-state index in [0.29, 0.717) is 43.7 Å². The van der Waals surface area contributed by atoms with Crippen LogP contribution in [0.25, 0.3) is 22.3 Å². The third kappa shape index (κ3) is 5.23. The molecule has 5 rings (SSSR count). The number of fused-ring (bicyclic) bond motifs is 1. The topological polar surface area (TPSA) is 93.0 Å². The lowest BCUT2D eigenvalue weighted by molar-refractivity contribution is -0.126. The molecule has 3 aromatic heterocycles. The van der Waals surface area contributed by atoms with E-state index in [1.165, 1.54) is 5.56 Å². The molecule has 0 unspecified atom stereocenters. The van der Waals surface area contributed by atoms with E-state index < -0.39 is 0 Å². The first-order valence-electron chi connectivity index (χ1n) is 12.8. The van der Waals surface area contributed by atoms with Crippen LogP contribution in [0.3, 0.4) is 0 Å². The van der Waals surface area contributed by atoms with Crippen LogP contribution in [-0.4, -0.2) is 49.6 Å². The van der Waals surface area contributed by atoms with E-state index in [0.717, 1.165) is 22.2 Å². The Morgan fingerprint density at radius 2 is 1.84 bits per heavy atom. The van der Waals surface area contributed by atoms with E-state index in [2.05, 4.69) is 29.2 Å². The maximum atomic E-state index is 13.8. The number of piperidine rings is 1. The van der Waals surface area contributed by atoms with Gasteiger partial charge in [0.15, 0.2) is 5.65 Å². The Labute approximate surface area is 216 Å². The standard InChI is InChI=1S/C29H32N6O2/c1-19(2)35-27-25(18-32-35)24(15-26(33-27)22-8-6-20(3)7-9-22)29(37)34-13-10-23(11-14-34)28(36)31-17-21-5-4-12-30-16-21/h4-9,12,15-16,18-19,23H,10-11,13-14,17H2,1-3H3,(H,31,36). The van der Waals surface area contributed by atoms with Gasteiger partial charge in [-0.3, -0.25) is 14.6 Å². The summed E-state index contributed by atoms with van der Waals surface area (Å²) in [5.41, 5.74) is 5.16. The number of likely N-dealkylation sites (tertiary alicyclic amines) is 1.